The van der Waals surface area contributed by atoms with E-state index in [1.165, 1.54) is 49.2 Å². The first-order valence-corrected chi connectivity index (χ1v) is 7.29. The van der Waals surface area contributed by atoms with E-state index in [0.717, 1.165) is 18.9 Å². The van der Waals surface area contributed by atoms with Gasteiger partial charge in [0.2, 0.25) is 0 Å². The number of hydrogen-bond donors (Lipinski definition) is 1. The van der Waals surface area contributed by atoms with Gasteiger partial charge in [0.15, 0.2) is 0 Å². The van der Waals surface area contributed by atoms with Crippen molar-refractivity contribution < 1.29 is 0 Å². The maximum atomic E-state index is 5.63. The van der Waals surface area contributed by atoms with E-state index in [1.807, 2.05) is 0 Å². The molecule has 0 amide bonds. The van der Waals surface area contributed by atoms with Crippen LogP contribution in [0.25, 0.3) is 0 Å². The summed E-state index contributed by atoms with van der Waals surface area (Å²) in [6.45, 7) is 7.68. The minimum absolute atomic E-state index is 0.738. The molecule has 100 valence electrons. The Morgan fingerprint density at radius 1 is 1.28 bits per heavy atom. The molecule has 0 unspecified atom stereocenters. The van der Waals surface area contributed by atoms with Gasteiger partial charge in [0, 0.05) is 18.8 Å². The van der Waals surface area contributed by atoms with Gasteiger partial charge in [0.25, 0.3) is 0 Å². The molecule has 2 heteroatoms. The van der Waals surface area contributed by atoms with E-state index in [0.29, 0.717) is 0 Å². The van der Waals surface area contributed by atoms with Crippen LogP contribution in [-0.4, -0.2) is 19.6 Å². The lowest BCUT2D eigenvalue weighted by Crippen LogP contribution is -2.33. The maximum Gasteiger partial charge on any atom is 0.0369 e. The van der Waals surface area contributed by atoms with Crippen molar-refractivity contribution in [3.63, 3.8) is 0 Å². The molecule has 0 bridgehead atoms. The minimum Gasteiger partial charge on any atom is -0.372 e. The molecule has 0 saturated carbocycles. The quantitative estimate of drug-likeness (QED) is 0.884. The number of nitrogens with two attached hydrogens (primary N) is 1. The van der Waals surface area contributed by atoms with Gasteiger partial charge in [-0.2, -0.15) is 0 Å². The predicted octanol–water partition coefficient (Wildman–Crippen LogP) is 3.12. The maximum absolute atomic E-state index is 5.63. The number of nitrogens with zero attached hydrogens (tertiary/aromatic N) is 1. The fourth-order valence-corrected chi connectivity index (χ4v) is 2.91. The molecule has 0 atom stereocenters. The number of benzene rings is 1. The summed E-state index contributed by atoms with van der Waals surface area (Å²) < 4.78 is 0. The highest BCUT2D eigenvalue weighted by Crippen LogP contribution is 2.26. The third-order valence-electron chi connectivity index (χ3n) is 4.30. The van der Waals surface area contributed by atoms with Crippen LogP contribution in [0.15, 0.2) is 18.2 Å². The zero-order chi connectivity index (χ0) is 13.0. The molecular formula is C16H26N2. The highest BCUT2D eigenvalue weighted by molar-refractivity contribution is 5.51. The molecule has 0 aromatic heterocycles. The Kier molecular flexibility index (Phi) is 4.65. The minimum atomic E-state index is 0.738. The molecule has 0 aliphatic carbocycles. The second kappa shape index (κ2) is 6.24. The second-order valence-electron chi connectivity index (χ2n) is 5.49. The third kappa shape index (κ3) is 3.05. The fourth-order valence-electron chi connectivity index (χ4n) is 2.91. The molecule has 1 aliphatic heterocycles. The van der Waals surface area contributed by atoms with Crippen molar-refractivity contribution in [2.75, 3.05) is 24.5 Å². The predicted molar refractivity (Wildman–Crippen MR) is 79.2 cm³/mol. The van der Waals surface area contributed by atoms with Crippen LogP contribution in [0.4, 0.5) is 5.69 Å². The highest BCUT2D eigenvalue weighted by atomic mass is 15.1. The Labute approximate surface area is 111 Å². The average molecular weight is 246 g/mol. The number of anilines is 1. The van der Waals surface area contributed by atoms with Gasteiger partial charge in [-0.1, -0.05) is 19.4 Å². The van der Waals surface area contributed by atoms with Crippen molar-refractivity contribution in [3.05, 3.63) is 29.3 Å². The van der Waals surface area contributed by atoms with Gasteiger partial charge in [-0.25, -0.2) is 0 Å². The molecule has 1 saturated heterocycles. The summed E-state index contributed by atoms with van der Waals surface area (Å²) in [5, 5.41) is 0. The molecule has 2 N–H and O–H groups in total. The van der Waals surface area contributed by atoms with Crippen LogP contribution in [0.2, 0.25) is 0 Å². The molecule has 2 nitrogen and oxygen atoms in total. The molecule has 0 spiro atoms. The zero-order valence-corrected chi connectivity index (χ0v) is 11.8. The Bertz CT molecular complexity index is 379. The topological polar surface area (TPSA) is 29.3 Å². The van der Waals surface area contributed by atoms with Gasteiger partial charge >= 0.3 is 0 Å². The monoisotopic (exact) mass is 246 g/mol. The van der Waals surface area contributed by atoms with Gasteiger partial charge in [0.05, 0.1) is 0 Å². The van der Waals surface area contributed by atoms with Gasteiger partial charge in [-0.15, -0.1) is 0 Å². The summed E-state index contributed by atoms with van der Waals surface area (Å²) in [6, 6.07) is 6.85. The standard InChI is InChI=1S/C16H26N2/c1-3-14-7-10-18(11-8-14)16-5-4-15(6-9-17)13(2)12-16/h4-5,12,14H,3,6-11,17H2,1-2H3. The summed E-state index contributed by atoms with van der Waals surface area (Å²) >= 11 is 0. The van der Waals surface area contributed by atoms with E-state index in [1.54, 1.807) is 0 Å². The first kappa shape index (κ1) is 13.4. The number of hydrogen-bond acceptors (Lipinski definition) is 2. The van der Waals surface area contributed by atoms with Crippen LogP contribution in [-0.2, 0) is 6.42 Å². The van der Waals surface area contributed by atoms with Crippen LogP contribution in [0.3, 0.4) is 0 Å². The molecule has 1 heterocycles. The van der Waals surface area contributed by atoms with Crippen LogP contribution >= 0.6 is 0 Å². The summed E-state index contributed by atoms with van der Waals surface area (Å²) in [4.78, 5) is 2.53. The first-order valence-electron chi connectivity index (χ1n) is 7.29. The Morgan fingerprint density at radius 2 is 2.00 bits per heavy atom. The average Bonchev–Trinajstić information content (AvgIpc) is 2.41. The molecule has 2 rings (SSSR count). The van der Waals surface area contributed by atoms with E-state index in [9.17, 15) is 0 Å². The number of piperidine rings is 1. The van der Waals surface area contributed by atoms with Crippen molar-refractivity contribution in [1.82, 2.24) is 0 Å². The van der Waals surface area contributed by atoms with Crippen LogP contribution < -0.4 is 10.6 Å². The van der Waals surface area contributed by atoms with Gasteiger partial charge in [-0.3, -0.25) is 0 Å². The van der Waals surface area contributed by atoms with Crippen molar-refractivity contribution in [2.45, 2.75) is 39.5 Å². The second-order valence-corrected chi connectivity index (χ2v) is 5.49. The molecule has 1 fully saturated rings. The zero-order valence-electron chi connectivity index (χ0n) is 11.8. The SMILES string of the molecule is CCC1CCN(c2ccc(CCN)c(C)c2)CC1. The summed E-state index contributed by atoms with van der Waals surface area (Å²) in [7, 11) is 0. The molecule has 1 aliphatic rings. The molecule has 1 aromatic carbocycles. The Balaban J connectivity index is 2.03. The van der Waals surface area contributed by atoms with E-state index in [4.69, 9.17) is 5.73 Å². The summed E-state index contributed by atoms with van der Waals surface area (Å²) in [5.41, 5.74) is 9.80. The lowest BCUT2D eigenvalue weighted by molar-refractivity contribution is 0.395. The molecule has 18 heavy (non-hydrogen) atoms. The summed E-state index contributed by atoms with van der Waals surface area (Å²) in [5.74, 6) is 0.943. The van der Waals surface area contributed by atoms with E-state index < -0.39 is 0 Å². The van der Waals surface area contributed by atoms with E-state index >= 15 is 0 Å². The van der Waals surface area contributed by atoms with Gasteiger partial charge in [-0.05, 0) is 61.9 Å². The van der Waals surface area contributed by atoms with E-state index in [2.05, 4.69) is 36.9 Å². The smallest absolute Gasteiger partial charge is 0.0369 e. The van der Waals surface area contributed by atoms with Gasteiger partial charge in [0.1, 0.15) is 0 Å². The summed E-state index contributed by atoms with van der Waals surface area (Å²) in [6.07, 6.45) is 5.02. The van der Waals surface area contributed by atoms with Crippen molar-refractivity contribution in [3.8, 4) is 0 Å². The Hall–Kier alpha value is -1.02. The number of rotatable bonds is 4. The largest absolute Gasteiger partial charge is 0.372 e. The molecular weight excluding hydrogens is 220 g/mol. The Morgan fingerprint density at radius 3 is 2.56 bits per heavy atom. The van der Waals surface area contributed by atoms with Crippen LogP contribution in [0, 0.1) is 12.8 Å². The van der Waals surface area contributed by atoms with Crippen LogP contribution in [0.1, 0.15) is 37.3 Å². The fraction of sp³-hybridized carbons (Fsp3) is 0.625. The lowest BCUT2D eigenvalue weighted by atomic mass is 9.94. The lowest BCUT2D eigenvalue weighted by Gasteiger charge is -2.33. The van der Waals surface area contributed by atoms with Crippen molar-refractivity contribution in [1.29, 1.82) is 0 Å². The van der Waals surface area contributed by atoms with Gasteiger partial charge < -0.3 is 10.6 Å². The normalized spacial score (nSPS) is 17.2. The highest BCUT2D eigenvalue weighted by Gasteiger charge is 2.18. The number of aryl methyl sites for hydroxylation is 1. The van der Waals surface area contributed by atoms with Crippen molar-refractivity contribution >= 4 is 5.69 Å². The molecule has 0 radical (unpaired) electrons. The first-order chi connectivity index (χ1) is 8.74. The van der Waals surface area contributed by atoms with E-state index in [-0.39, 0.29) is 0 Å². The molecule has 1 aromatic rings. The van der Waals surface area contributed by atoms with Crippen molar-refractivity contribution in [2.24, 2.45) is 11.7 Å². The van der Waals surface area contributed by atoms with Crippen LogP contribution in [0.5, 0.6) is 0 Å². The third-order valence-corrected chi connectivity index (χ3v) is 4.30.